The average molecular weight is 316 g/mol. The van der Waals surface area contributed by atoms with Gasteiger partial charge in [0.15, 0.2) is 0 Å². The van der Waals surface area contributed by atoms with Crippen molar-refractivity contribution in [2.75, 3.05) is 18.0 Å². The van der Waals surface area contributed by atoms with Gasteiger partial charge in [-0.05, 0) is 25.0 Å². The standard InChI is InChI=1S/C16H20N4O3/c1-10-8-11-4-2-3-5-13(11)20(10)7-6-17-14(21)9-12-15(22)19-16(23)18-12/h2-5,10,12H,6-9H2,1H3,(H,17,21)(H2,18,19,22,23)/t10-,12+/m1/s1. The van der Waals surface area contributed by atoms with E-state index in [2.05, 4.69) is 39.9 Å². The monoisotopic (exact) mass is 316 g/mol. The molecule has 2 aliphatic heterocycles. The highest BCUT2D eigenvalue weighted by atomic mass is 16.2. The zero-order valence-electron chi connectivity index (χ0n) is 13.0. The van der Waals surface area contributed by atoms with Crippen LogP contribution in [0.4, 0.5) is 10.5 Å². The first-order chi connectivity index (χ1) is 11.0. The molecule has 0 spiro atoms. The van der Waals surface area contributed by atoms with E-state index in [1.165, 1.54) is 11.3 Å². The number of hydrogen-bond acceptors (Lipinski definition) is 4. The Morgan fingerprint density at radius 3 is 2.87 bits per heavy atom. The Balaban J connectivity index is 1.47. The predicted molar refractivity (Wildman–Crippen MR) is 85.0 cm³/mol. The quantitative estimate of drug-likeness (QED) is 0.675. The number of nitrogens with zero attached hydrogens (tertiary/aromatic N) is 1. The van der Waals surface area contributed by atoms with Crippen molar-refractivity contribution in [1.82, 2.24) is 16.0 Å². The molecule has 23 heavy (non-hydrogen) atoms. The Kier molecular flexibility index (Phi) is 4.18. The largest absolute Gasteiger partial charge is 0.367 e. The Bertz CT molecular complexity index is 646. The second-order valence-corrected chi connectivity index (χ2v) is 5.94. The summed E-state index contributed by atoms with van der Waals surface area (Å²) < 4.78 is 0. The third-order valence-corrected chi connectivity index (χ3v) is 4.27. The molecule has 122 valence electrons. The smallest absolute Gasteiger partial charge is 0.322 e. The summed E-state index contributed by atoms with van der Waals surface area (Å²) in [6.07, 6.45) is 0.974. The van der Waals surface area contributed by atoms with Crippen molar-refractivity contribution in [3.8, 4) is 0 Å². The zero-order valence-corrected chi connectivity index (χ0v) is 13.0. The Morgan fingerprint density at radius 1 is 1.35 bits per heavy atom. The van der Waals surface area contributed by atoms with Gasteiger partial charge in [-0.3, -0.25) is 14.9 Å². The number of rotatable bonds is 5. The number of benzene rings is 1. The van der Waals surface area contributed by atoms with E-state index >= 15 is 0 Å². The molecule has 7 heteroatoms. The van der Waals surface area contributed by atoms with Crippen molar-refractivity contribution >= 4 is 23.5 Å². The maximum atomic E-state index is 11.9. The van der Waals surface area contributed by atoms with Crippen LogP contribution in [0.3, 0.4) is 0 Å². The van der Waals surface area contributed by atoms with Gasteiger partial charge in [-0.25, -0.2) is 4.79 Å². The summed E-state index contributed by atoms with van der Waals surface area (Å²) in [7, 11) is 0. The highest BCUT2D eigenvalue weighted by Gasteiger charge is 2.31. The van der Waals surface area contributed by atoms with E-state index in [0.29, 0.717) is 19.1 Å². The molecular formula is C16H20N4O3. The molecule has 3 rings (SSSR count). The molecule has 1 aromatic carbocycles. The summed E-state index contributed by atoms with van der Waals surface area (Å²) in [6.45, 7) is 3.38. The average Bonchev–Trinajstić information content (AvgIpc) is 2.98. The van der Waals surface area contributed by atoms with Crippen molar-refractivity contribution in [2.45, 2.75) is 31.8 Å². The van der Waals surface area contributed by atoms with Crippen LogP contribution in [-0.4, -0.2) is 43.0 Å². The first-order valence-corrected chi connectivity index (χ1v) is 7.77. The minimum atomic E-state index is -0.770. The minimum Gasteiger partial charge on any atom is -0.367 e. The van der Waals surface area contributed by atoms with E-state index in [-0.39, 0.29) is 12.3 Å². The lowest BCUT2D eigenvalue weighted by Gasteiger charge is -2.25. The van der Waals surface area contributed by atoms with Gasteiger partial charge in [-0.2, -0.15) is 0 Å². The summed E-state index contributed by atoms with van der Waals surface area (Å²) in [4.78, 5) is 36.6. The van der Waals surface area contributed by atoms with Crippen LogP contribution in [0, 0.1) is 0 Å². The van der Waals surface area contributed by atoms with E-state index in [0.717, 1.165) is 6.42 Å². The van der Waals surface area contributed by atoms with Crippen LogP contribution in [-0.2, 0) is 16.0 Å². The number of carbonyl (C=O) groups excluding carboxylic acids is 3. The molecular weight excluding hydrogens is 296 g/mol. The molecule has 0 unspecified atom stereocenters. The summed E-state index contributed by atoms with van der Waals surface area (Å²) in [5.74, 6) is -0.695. The van der Waals surface area contributed by atoms with Crippen LogP contribution in [0.1, 0.15) is 18.9 Å². The number of anilines is 1. The zero-order chi connectivity index (χ0) is 16.4. The minimum absolute atomic E-state index is 0.0380. The predicted octanol–water partition coefficient (Wildman–Crippen LogP) is 0.152. The van der Waals surface area contributed by atoms with Crippen molar-refractivity contribution < 1.29 is 14.4 Å². The van der Waals surface area contributed by atoms with Gasteiger partial charge >= 0.3 is 6.03 Å². The topological polar surface area (TPSA) is 90.5 Å². The Labute approximate surface area is 134 Å². The molecule has 0 radical (unpaired) electrons. The van der Waals surface area contributed by atoms with Crippen molar-refractivity contribution in [3.63, 3.8) is 0 Å². The lowest BCUT2D eigenvalue weighted by atomic mass is 10.1. The third kappa shape index (κ3) is 3.28. The maximum Gasteiger partial charge on any atom is 0.322 e. The SMILES string of the molecule is C[C@@H]1Cc2ccccc2N1CCNC(=O)C[C@@H]1NC(=O)NC1=O. The summed E-state index contributed by atoms with van der Waals surface area (Å²) >= 11 is 0. The van der Waals surface area contributed by atoms with Crippen molar-refractivity contribution in [1.29, 1.82) is 0 Å². The highest BCUT2D eigenvalue weighted by molar-refractivity contribution is 6.05. The van der Waals surface area contributed by atoms with Crippen LogP contribution < -0.4 is 20.9 Å². The fourth-order valence-corrected chi connectivity index (χ4v) is 3.15. The van der Waals surface area contributed by atoms with Crippen molar-refractivity contribution in [3.05, 3.63) is 29.8 Å². The molecule has 0 aromatic heterocycles. The van der Waals surface area contributed by atoms with E-state index in [9.17, 15) is 14.4 Å². The molecule has 1 aromatic rings. The van der Waals surface area contributed by atoms with E-state index < -0.39 is 18.0 Å². The number of para-hydroxylation sites is 1. The first-order valence-electron chi connectivity index (χ1n) is 7.77. The van der Waals surface area contributed by atoms with Gasteiger partial charge < -0.3 is 15.5 Å². The van der Waals surface area contributed by atoms with Crippen LogP contribution in [0.2, 0.25) is 0 Å². The van der Waals surface area contributed by atoms with Gasteiger partial charge in [0, 0.05) is 24.8 Å². The lowest BCUT2D eigenvalue weighted by Crippen LogP contribution is -2.40. The maximum absolute atomic E-state index is 11.9. The fourth-order valence-electron chi connectivity index (χ4n) is 3.15. The van der Waals surface area contributed by atoms with Crippen molar-refractivity contribution in [2.24, 2.45) is 0 Å². The second kappa shape index (κ2) is 6.28. The molecule has 0 saturated carbocycles. The van der Waals surface area contributed by atoms with Crippen LogP contribution in [0.25, 0.3) is 0 Å². The number of nitrogens with one attached hydrogen (secondary N) is 3. The second-order valence-electron chi connectivity index (χ2n) is 5.94. The van der Waals surface area contributed by atoms with Crippen LogP contribution in [0.15, 0.2) is 24.3 Å². The van der Waals surface area contributed by atoms with E-state index in [1.807, 2.05) is 12.1 Å². The highest BCUT2D eigenvalue weighted by Crippen LogP contribution is 2.31. The molecule has 1 saturated heterocycles. The van der Waals surface area contributed by atoms with Gasteiger partial charge in [0.25, 0.3) is 5.91 Å². The molecule has 2 heterocycles. The van der Waals surface area contributed by atoms with Gasteiger partial charge in [-0.15, -0.1) is 0 Å². The van der Waals surface area contributed by atoms with Gasteiger partial charge in [0.2, 0.25) is 5.91 Å². The summed E-state index contributed by atoms with van der Waals surface area (Å²) in [5, 5.41) is 7.34. The Hall–Kier alpha value is -2.57. The molecule has 0 aliphatic carbocycles. The summed E-state index contributed by atoms with van der Waals surface area (Å²) in [6, 6.07) is 7.38. The van der Waals surface area contributed by atoms with Gasteiger partial charge in [0.05, 0.1) is 6.42 Å². The molecule has 2 atom stereocenters. The number of hydrogen-bond donors (Lipinski definition) is 3. The molecule has 0 bridgehead atoms. The fraction of sp³-hybridized carbons (Fsp3) is 0.438. The molecule has 7 nitrogen and oxygen atoms in total. The Morgan fingerprint density at radius 2 is 2.13 bits per heavy atom. The summed E-state index contributed by atoms with van der Waals surface area (Å²) in [5.41, 5.74) is 2.55. The van der Waals surface area contributed by atoms with Gasteiger partial charge in [-0.1, -0.05) is 18.2 Å². The molecule has 3 N–H and O–H groups in total. The number of imide groups is 1. The van der Waals surface area contributed by atoms with Gasteiger partial charge in [0.1, 0.15) is 6.04 Å². The third-order valence-electron chi connectivity index (χ3n) is 4.27. The number of urea groups is 1. The van der Waals surface area contributed by atoms with E-state index in [4.69, 9.17) is 0 Å². The molecule has 1 fully saturated rings. The normalized spacial score (nSPS) is 22.6. The van der Waals surface area contributed by atoms with Crippen LogP contribution in [0.5, 0.6) is 0 Å². The molecule has 4 amide bonds. The number of carbonyl (C=O) groups is 3. The first kappa shape index (κ1) is 15.3. The number of amides is 4. The van der Waals surface area contributed by atoms with E-state index in [1.54, 1.807) is 0 Å². The molecule has 2 aliphatic rings. The lowest BCUT2D eigenvalue weighted by molar-refractivity contribution is -0.126. The van der Waals surface area contributed by atoms with Crippen LogP contribution >= 0.6 is 0 Å². The number of fused-ring (bicyclic) bond motifs is 1.